The van der Waals surface area contributed by atoms with Crippen molar-refractivity contribution in [3.05, 3.63) is 108 Å². The fourth-order valence-electron chi connectivity index (χ4n) is 3.40. The molecule has 0 fully saturated rings. The van der Waals surface area contributed by atoms with Gasteiger partial charge in [0.25, 0.3) is 0 Å². The number of hydrogen-bond acceptors (Lipinski definition) is 5. The number of rotatable bonds is 10. The van der Waals surface area contributed by atoms with E-state index >= 15 is 0 Å². The van der Waals surface area contributed by atoms with Crippen LogP contribution in [0, 0.1) is 0 Å². The van der Waals surface area contributed by atoms with Gasteiger partial charge in [0, 0.05) is 13.0 Å². The lowest BCUT2D eigenvalue weighted by Crippen LogP contribution is -2.35. The molecule has 0 spiro atoms. The zero-order chi connectivity index (χ0) is 22.0. The van der Waals surface area contributed by atoms with Crippen LogP contribution in [0.5, 0.6) is 5.75 Å². The maximum absolute atomic E-state index is 12.9. The number of carbonyl (C=O) groups is 1. The van der Waals surface area contributed by atoms with Crippen LogP contribution in [0.2, 0.25) is 0 Å². The van der Waals surface area contributed by atoms with Gasteiger partial charge in [-0.05, 0) is 45.7 Å². The number of aromatic nitrogens is 4. The molecule has 1 unspecified atom stereocenters. The maximum atomic E-state index is 12.9. The molecule has 7 nitrogen and oxygen atoms in total. The Kier molecular flexibility index (Phi) is 7.21. The highest BCUT2D eigenvalue weighted by Crippen LogP contribution is 2.15. The Morgan fingerprint density at radius 3 is 2.22 bits per heavy atom. The van der Waals surface area contributed by atoms with Crippen molar-refractivity contribution in [1.29, 1.82) is 0 Å². The molecule has 1 N–H and O–H groups in total. The van der Waals surface area contributed by atoms with Crippen molar-refractivity contribution in [2.75, 3.05) is 6.54 Å². The van der Waals surface area contributed by atoms with Gasteiger partial charge < -0.3 is 10.1 Å². The maximum Gasteiger partial charge on any atom is 0.245 e. The highest BCUT2D eigenvalue weighted by molar-refractivity contribution is 5.80. The fraction of sp³-hybridized carbons (Fsp3) is 0.200. The van der Waals surface area contributed by atoms with E-state index in [2.05, 4.69) is 20.8 Å². The first-order valence-electron chi connectivity index (χ1n) is 10.6. The highest BCUT2D eigenvalue weighted by atomic mass is 16.5. The molecule has 0 saturated heterocycles. The zero-order valence-electron chi connectivity index (χ0n) is 17.7. The van der Waals surface area contributed by atoms with E-state index in [4.69, 9.17) is 4.74 Å². The number of hydrogen-bond donors (Lipinski definition) is 1. The monoisotopic (exact) mass is 427 g/mol. The first-order chi connectivity index (χ1) is 15.8. The van der Waals surface area contributed by atoms with Gasteiger partial charge in [0.15, 0.2) is 0 Å². The van der Waals surface area contributed by atoms with Crippen LogP contribution in [0.4, 0.5) is 0 Å². The molecule has 1 aromatic heterocycles. The Bertz CT molecular complexity index is 1080. The van der Waals surface area contributed by atoms with Crippen molar-refractivity contribution >= 4 is 5.91 Å². The molecular formula is C25H25N5O2. The minimum atomic E-state index is -0.499. The molecule has 1 atom stereocenters. The van der Waals surface area contributed by atoms with E-state index in [1.807, 2.05) is 84.9 Å². The van der Waals surface area contributed by atoms with Gasteiger partial charge in [-0.25, -0.2) is 4.68 Å². The molecule has 4 aromatic rings. The molecule has 3 aromatic carbocycles. The summed E-state index contributed by atoms with van der Waals surface area (Å²) in [6.07, 6.45) is 2.71. The predicted molar refractivity (Wildman–Crippen MR) is 121 cm³/mol. The van der Waals surface area contributed by atoms with E-state index in [0.717, 1.165) is 28.9 Å². The van der Waals surface area contributed by atoms with E-state index in [1.54, 1.807) is 0 Å². The third-order valence-corrected chi connectivity index (χ3v) is 5.14. The van der Waals surface area contributed by atoms with Gasteiger partial charge in [-0.15, -0.1) is 5.10 Å². The van der Waals surface area contributed by atoms with Crippen molar-refractivity contribution in [1.82, 2.24) is 25.5 Å². The van der Waals surface area contributed by atoms with Crippen molar-refractivity contribution in [3.63, 3.8) is 0 Å². The molecule has 4 rings (SSSR count). The Hall–Kier alpha value is -4.00. The van der Waals surface area contributed by atoms with Crippen molar-refractivity contribution in [2.24, 2.45) is 0 Å². The first-order valence-corrected chi connectivity index (χ1v) is 10.6. The molecule has 1 heterocycles. The minimum Gasteiger partial charge on any atom is -0.489 e. The van der Waals surface area contributed by atoms with Gasteiger partial charge in [0.2, 0.25) is 5.91 Å². The third-order valence-electron chi connectivity index (χ3n) is 5.14. The van der Waals surface area contributed by atoms with Crippen LogP contribution in [0.15, 0.2) is 91.3 Å². The SMILES string of the molecule is O=C(NCCc1ccc(OCc2ccccc2)cc1)C(Cc1ccccc1)n1cnnn1. The Morgan fingerprint density at radius 2 is 1.56 bits per heavy atom. The summed E-state index contributed by atoms with van der Waals surface area (Å²) in [4.78, 5) is 12.9. The number of tetrazole rings is 1. The minimum absolute atomic E-state index is 0.107. The first kappa shape index (κ1) is 21.2. The number of carbonyl (C=O) groups excluding carboxylic acids is 1. The molecule has 0 aliphatic carbocycles. The summed E-state index contributed by atoms with van der Waals surface area (Å²) in [6, 6.07) is 27.4. The van der Waals surface area contributed by atoms with Crippen LogP contribution >= 0.6 is 0 Å². The molecule has 32 heavy (non-hydrogen) atoms. The average molecular weight is 428 g/mol. The van der Waals surface area contributed by atoms with Gasteiger partial charge in [0.1, 0.15) is 24.7 Å². The van der Waals surface area contributed by atoms with Crippen molar-refractivity contribution < 1.29 is 9.53 Å². The molecule has 0 aliphatic heterocycles. The van der Waals surface area contributed by atoms with E-state index in [0.29, 0.717) is 19.6 Å². The molecule has 0 saturated carbocycles. The van der Waals surface area contributed by atoms with Gasteiger partial charge in [0.05, 0.1) is 0 Å². The standard InChI is InChI=1S/C25H25N5O2/c31-25(24(30-19-27-28-29-30)17-21-7-3-1-4-8-21)26-16-15-20-11-13-23(14-12-20)32-18-22-9-5-2-6-10-22/h1-14,19,24H,15-18H2,(H,26,31). The number of ether oxygens (including phenoxy) is 1. The Balaban J connectivity index is 1.28. The van der Waals surface area contributed by atoms with Crippen molar-refractivity contribution in [3.8, 4) is 5.75 Å². The average Bonchev–Trinajstić information content (AvgIpc) is 3.38. The second-order valence-corrected chi connectivity index (χ2v) is 7.45. The zero-order valence-corrected chi connectivity index (χ0v) is 17.7. The van der Waals surface area contributed by atoms with E-state index < -0.39 is 6.04 Å². The predicted octanol–water partition coefficient (Wildman–Crippen LogP) is 3.39. The van der Waals surface area contributed by atoms with E-state index in [9.17, 15) is 4.79 Å². The topological polar surface area (TPSA) is 81.9 Å². The third kappa shape index (κ3) is 6.01. The van der Waals surface area contributed by atoms with Gasteiger partial charge >= 0.3 is 0 Å². The second kappa shape index (κ2) is 10.9. The Morgan fingerprint density at radius 1 is 0.875 bits per heavy atom. The highest BCUT2D eigenvalue weighted by Gasteiger charge is 2.21. The van der Waals surface area contributed by atoms with Crippen LogP contribution in [0.1, 0.15) is 22.7 Å². The quantitative estimate of drug-likeness (QED) is 0.420. The molecule has 1 amide bonds. The van der Waals surface area contributed by atoms with Crippen LogP contribution < -0.4 is 10.1 Å². The van der Waals surface area contributed by atoms with Gasteiger partial charge in [-0.2, -0.15) is 0 Å². The molecule has 0 aliphatic rings. The lowest BCUT2D eigenvalue weighted by Gasteiger charge is -2.16. The lowest BCUT2D eigenvalue weighted by atomic mass is 10.1. The fourth-order valence-corrected chi connectivity index (χ4v) is 3.40. The summed E-state index contributed by atoms with van der Waals surface area (Å²) in [5.74, 6) is 0.715. The number of nitrogens with zero attached hydrogens (tertiary/aromatic N) is 4. The molecule has 0 radical (unpaired) electrons. The summed E-state index contributed by atoms with van der Waals surface area (Å²) >= 11 is 0. The normalized spacial score (nSPS) is 11.6. The van der Waals surface area contributed by atoms with E-state index in [1.165, 1.54) is 11.0 Å². The summed E-state index contributed by atoms with van der Waals surface area (Å²) < 4.78 is 7.33. The van der Waals surface area contributed by atoms with Gasteiger partial charge in [-0.3, -0.25) is 4.79 Å². The summed E-state index contributed by atoms with van der Waals surface area (Å²) in [5.41, 5.74) is 3.31. The number of amides is 1. The largest absolute Gasteiger partial charge is 0.489 e. The molecule has 162 valence electrons. The van der Waals surface area contributed by atoms with Crippen LogP contribution in [-0.2, 0) is 24.2 Å². The Labute approximate surface area is 187 Å². The molecule has 0 bridgehead atoms. The van der Waals surface area contributed by atoms with E-state index in [-0.39, 0.29) is 5.91 Å². The smallest absolute Gasteiger partial charge is 0.245 e. The van der Waals surface area contributed by atoms with Crippen LogP contribution in [-0.4, -0.2) is 32.7 Å². The van der Waals surface area contributed by atoms with Crippen molar-refractivity contribution in [2.45, 2.75) is 25.5 Å². The summed E-state index contributed by atoms with van der Waals surface area (Å²) in [5, 5.41) is 14.3. The summed E-state index contributed by atoms with van der Waals surface area (Å²) in [7, 11) is 0. The lowest BCUT2D eigenvalue weighted by molar-refractivity contribution is -0.124. The molecule has 7 heteroatoms. The van der Waals surface area contributed by atoms with Crippen LogP contribution in [0.3, 0.4) is 0 Å². The summed E-state index contributed by atoms with van der Waals surface area (Å²) in [6.45, 7) is 1.06. The van der Waals surface area contributed by atoms with Crippen LogP contribution in [0.25, 0.3) is 0 Å². The van der Waals surface area contributed by atoms with Gasteiger partial charge in [-0.1, -0.05) is 72.8 Å². The number of nitrogens with one attached hydrogen (secondary N) is 1. The number of benzene rings is 3. The second-order valence-electron chi connectivity index (χ2n) is 7.45. The molecular weight excluding hydrogens is 402 g/mol.